The predicted molar refractivity (Wildman–Crippen MR) is 118 cm³/mol. The van der Waals surface area contributed by atoms with Crippen molar-refractivity contribution in [2.24, 2.45) is 0 Å². The van der Waals surface area contributed by atoms with Crippen molar-refractivity contribution >= 4 is 78.9 Å². The molecule has 0 aromatic rings. The monoisotopic (exact) mass is 508 g/mol. The summed E-state index contributed by atoms with van der Waals surface area (Å²) in [6, 6.07) is 0. The fraction of sp³-hybridized carbons (Fsp3) is 0.571. The first kappa shape index (κ1) is 26.1. The lowest BCUT2D eigenvalue weighted by Crippen LogP contribution is -2.21. The van der Waals surface area contributed by atoms with E-state index in [-0.39, 0.29) is 31.1 Å². The van der Waals surface area contributed by atoms with Crippen LogP contribution in [0, 0.1) is 0 Å². The quantitative estimate of drug-likeness (QED) is 0.295. The van der Waals surface area contributed by atoms with E-state index >= 15 is 0 Å². The van der Waals surface area contributed by atoms with Gasteiger partial charge in [0, 0.05) is 11.5 Å². The number of carbonyl (C=O) groups excluding carboxylic acids is 2. The second-order valence-electron chi connectivity index (χ2n) is 5.11. The van der Waals surface area contributed by atoms with Crippen molar-refractivity contribution in [3.8, 4) is 0 Å². The highest BCUT2D eigenvalue weighted by Gasteiger charge is 2.35. The SMILES string of the molecule is CCSC1=C(SCC)C(=O)C(SCCS(=O)(=O)O)=C(SCCS(=O)(=O)O)C1=O. The summed E-state index contributed by atoms with van der Waals surface area (Å²) in [5.41, 5.74) is 0. The van der Waals surface area contributed by atoms with E-state index in [2.05, 4.69) is 0 Å². The standard InChI is InChI=1S/C14H20O8S6/c1-3-23-11-9(15)13(25-5-7-27(17,18)19)14(10(16)12(11)24-4-2)26-6-8-28(20,21)22/h3-8H2,1-2H3,(H,17,18,19)(H,20,21,22). The molecule has 2 N–H and O–H groups in total. The van der Waals surface area contributed by atoms with E-state index < -0.39 is 43.3 Å². The fourth-order valence-corrected chi connectivity index (χ4v) is 7.93. The van der Waals surface area contributed by atoms with Gasteiger partial charge in [-0.25, -0.2) is 0 Å². The molecule has 0 fully saturated rings. The molecule has 14 heteroatoms. The number of ketones is 2. The normalized spacial score (nSPS) is 16.3. The van der Waals surface area contributed by atoms with Crippen LogP contribution in [0.15, 0.2) is 19.6 Å². The van der Waals surface area contributed by atoms with Gasteiger partial charge in [-0.15, -0.1) is 47.0 Å². The van der Waals surface area contributed by atoms with Crippen LogP contribution in [0.3, 0.4) is 0 Å². The van der Waals surface area contributed by atoms with Crippen molar-refractivity contribution < 1.29 is 35.5 Å². The molecule has 1 rings (SSSR count). The maximum atomic E-state index is 13.0. The topological polar surface area (TPSA) is 143 Å². The first-order valence-corrected chi connectivity index (χ1v) is 15.1. The van der Waals surface area contributed by atoms with Crippen molar-refractivity contribution in [2.75, 3.05) is 34.5 Å². The molecule has 0 spiro atoms. The van der Waals surface area contributed by atoms with Crippen LogP contribution in [-0.2, 0) is 29.8 Å². The Balaban J connectivity index is 3.25. The highest BCUT2D eigenvalue weighted by molar-refractivity contribution is 8.11. The minimum atomic E-state index is -4.23. The zero-order chi connectivity index (χ0) is 21.5. The number of Topliss-reactive ketones (excluding diaryl/α,β-unsaturated/α-hetero) is 2. The predicted octanol–water partition coefficient (Wildman–Crippen LogP) is 2.31. The lowest BCUT2D eigenvalue weighted by molar-refractivity contribution is -0.114. The molecule has 0 saturated heterocycles. The van der Waals surface area contributed by atoms with Crippen molar-refractivity contribution in [3.63, 3.8) is 0 Å². The lowest BCUT2D eigenvalue weighted by atomic mass is 10.1. The van der Waals surface area contributed by atoms with Gasteiger partial charge < -0.3 is 0 Å². The molecule has 0 saturated carbocycles. The molecule has 0 atom stereocenters. The second-order valence-corrected chi connectivity index (χ2v) is 13.0. The van der Waals surface area contributed by atoms with Crippen LogP contribution in [0.1, 0.15) is 13.8 Å². The number of hydrogen-bond acceptors (Lipinski definition) is 10. The lowest BCUT2D eigenvalue weighted by Gasteiger charge is -2.22. The molecule has 0 aliphatic heterocycles. The average molecular weight is 509 g/mol. The van der Waals surface area contributed by atoms with E-state index in [1.807, 2.05) is 13.8 Å². The van der Waals surface area contributed by atoms with Crippen molar-refractivity contribution in [3.05, 3.63) is 19.6 Å². The van der Waals surface area contributed by atoms with Crippen molar-refractivity contribution in [2.45, 2.75) is 13.8 Å². The van der Waals surface area contributed by atoms with Gasteiger partial charge in [-0.3, -0.25) is 18.7 Å². The van der Waals surface area contributed by atoms with Crippen LogP contribution in [0.2, 0.25) is 0 Å². The largest absolute Gasteiger partial charge is 0.287 e. The Morgan fingerprint density at radius 2 is 0.929 bits per heavy atom. The molecule has 28 heavy (non-hydrogen) atoms. The minimum Gasteiger partial charge on any atom is -0.287 e. The Bertz CT molecular complexity index is 813. The summed E-state index contributed by atoms with van der Waals surface area (Å²) in [5.74, 6) is -1.21. The first-order valence-electron chi connectivity index (χ1n) is 7.90. The molecule has 0 radical (unpaired) electrons. The zero-order valence-corrected chi connectivity index (χ0v) is 19.9. The molecular formula is C14H20O8S6. The molecule has 0 aromatic heterocycles. The molecule has 0 amide bonds. The Labute approximate surface area is 181 Å². The fourth-order valence-electron chi connectivity index (χ4n) is 1.93. The van der Waals surface area contributed by atoms with Gasteiger partial charge in [0.25, 0.3) is 20.2 Å². The molecule has 1 aliphatic rings. The number of carbonyl (C=O) groups is 2. The van der Waals surface area contributed by atoms with Gasteiger partial charge >= 0.3 is 0 Å². The Morgan fingerprint density at radius 1 is 0.643 bits per heavy atom. The molecule has 0 aromatic carbocycles. The smallest absolute Gasteiger partial charge is 0.265 e. The molecule has 0 unspecified atom stereocenters. The number of hydrogen-bond donors (Lipinski definition) is 2. The van der Waals surface area contributed by atoms with Crippen LogP contribution in [-0.4, -0.2) is 72.0 Å². The third-order valence-electron chi connectivity index (χ3n) is 2.99. The third-order valence-corrected chi connectivity index (χ3v) is 9.31. The molecule has 0 bridgehead atoms. The summed E-state index contributed by atoms with van der Waals surface area (Å²) in [5, 5.41) is 0. The van der Waals surface area contributed by atoms with E-state index in [1.54, 1.807) is 0 Å². The third kappa shape index (κ3) is 8.42. The molecule has 160 valence electrons. The van der Waals surface area contributed by atoms with E-state index in [1.165, 1.54) is 23.5 Å². The molecular weight excluding hydrogens is 489 g/mol. The maximum absolute atomic E-state index is 13.0. The van der Waals surface area contributed by atoms with Gasteiger partial charge in [0.2, 0.25) is 11.6 Å². The van der Waals surface area contributed by atoms with Crippen molar-refractivity contribution in [1.29, 1.82) is 0 Å². The van der Waals surface area contributed by atoms with Crippen LogP contribution >= 0.6 is 47.0 Å². The van der Waals surface area contributed by atoms with Crippen LogP contribution < -0.4 is 0 Å². The minimum absolute atomic E-state index is 0.0328. The van der Waals surface area contributed by atoms with Gasteiger partial charge in [0.05, 0.1) is 31.1 Å². The summed E-state index contributed by atoms with van der Waals surface area (Å²) in [7, 11) is -8.47. The van der Waals surface area contributed by atoms with Crippen LogP contribution in [0.25, 0.3) is 0 Å². The zero-order valence-electron chi connectivity index (χ0n) is 15.0. The molecule has 0 heterocycles. The van der Waals surface area contributed by atoms with Crippen molar-refractivity contribution in [1.82, 2.24) is 0 Å². The summed E-state index contributed by atoms with van der Waals surface area (Å²) in [6.45, 7) is 3.66. The second kappa shape index (κ2) is 11.4. The Morgan fingerprint density at radius 3 is 1.18 bits per heavy atom. The van der Waals surface area contributed by atoms with Gasteiger partial charge in [0.15, 0.2) is 0 Å². The van der Waals surface area contributed by atoms with E-state index in [9.17, 15) is 26.4 Å². The highest BCUT2D eigenvalue weighted by Crippen LogP contribution is 2.44. The van der Waals surface area contributed by atoms with E-state index in [4.69, 9.17) is 9.11 Å². The summed E-state index contributed by atoms with van der Waals surface area (Å²) in [4.78, 5) is 26.5. The Hall–Kier alpha value is 0.0400. The van der Waals surface area contributed by atoms with Gasteiger partial charge in [-0.05, 0) is 11.5 Å². The number of allylic oxidation sites excluding steroid dienone is 4. The summed E-state index contributed by atoms with van der Waals surface area (Å²) < 4.78 is 61.5. The van der Waals surface area contributed by atoms with Crippen LogP contribution in [0.4, 0.5) is 0 Å². The molecule has 1 aliphatic carbocycles. The van der Waals surface area contributed by atoms with Crippen LogP contribution in [0.5, 0.6) is 0 Å². The summed E-state index contributed by atoms with van der Waals surface area (Å²) >= 11 is 4.09. The molecule has 8 nitrogen and oxygen atoms in total. The summed E-state index contributed by atoms with van der Waals surface area (Å²) in [6.07, 6.45) is 0. The maximum Gasteiger partial charge on any atom is 0.265 e. The first-order chi connectivity index (χ1) is 12.9. The average Bonchev–Trinajstić information content (AvgIpc) is 2.55. The van der Waals surface area contributed by atoms with E-state index in [0.29, 0.717) is 11.5 Å². The number of rotatable bonds is 12. The van der Waals surface area contributed by atoms with E-state index in [0.717, 1.165) is 23.5 Å². The van der Waals surface area contributed by atoms with Gasteiger partial charge in [-0.1, -0.05) is 13.8 Å². The van der Waals surface area contributed by atoms with Gasteiger partial charge in [-0.2, -0.15) is 16.8 Å². The Kier molecular flexibility index (Phi) is 10.7. The number of thioether (sulfide) groups is 4. The highest BCUT2D eigenvalue weighted by atomic mass is 32.2. The van der Waals surface area contributed by atoms with Gasteiger partial charge in [0.1, 0.15) is 0 Å².